The molecule has 1 aliphatic rings. The van der Waals surface area contributed by atoms with Crippen LogP contribution in [0.15, 0.2) is 48.5 Å². The van der Waals surface area contributed by atoms with Gasteiger partial charge in [0.25, 0.3) is 0 Å². The van der Waals surface area contributed by atoms with Crippen molar-refractivity contribution in [2.45, 2.75) is 25.4 Å². The van der Waals surface area contributed by atoms with E-state index < -0.39 is 11.9 Å². The van der Waals surface area contributed by atoms with E-state index in [1.54, 1.807) is 24.3 Å². The molecule has 2 aromatic carbocycles. The van der Waals surface area contributed by atoms with Crippen molar-refractivity contribution in [1.82, 2.24) is 20.1 Å². The normalized spacial score (nSPS) is 13.3. The minimum Gasteiger partial charge on any atom is -0.366 e. The van der Waals surface area contributed by atoms with Crippen molar-refractivity contribution < 1.29 is 9.59 Å². The number of carbonyl (C=O) groups is 2. The lowest BCUT2D eigenvalue weighted by Gasteiger charge is -2.13. The molecule has 0 unspecified atom stereocenters. The second-order valence-electron chi connectivity index (χ2n) is 6.79. The number of fused-ring (bicyclic) bond motifs is 1. The lowest BCUT2D eigenvalue weighted by Crippen LogP contribution is -2.30. The molecule has 5 N–H and O–H groups in total. The van der Waals surface area contributed by atoms with Crippen LogP contribution >= 0.6 is 0 Å². The van der Waals surface area contributed by atoms with E-state index in [0.717, 1.165) is 18.4 Å². The zero-order valence-corrected chi connectivity index (χ0v) is 15.1. The molecule has 8 heteroatoms. The topological polar surface area (TPSA) is 129 Å². The highest BCUT2D eigenvalue weighted by Gasteiger charge is 2.26. The average Bonchev–Trinajstić information content (AvgIpc) is 3.30. The molecule has 28 heavy (non-hydrogen) atoms. The Bertz CT molecular complexity index is 1020. The monoisotopic (exact) mass is 376 g/mol. The van der Waals surface area contributed by atoms with Gasteiger partial charge in [-0.2, -0.15) is 5.10 Å². The van der Waals surface area contributed by atoms with Gasteiger partial charge in [0.05, 0.1) is 12.6 Å². The zero-order valence-electron chi connectivity index (χ0n) is 15.1. The number of hydrogen-bond acceptors (Lipinski definition) is 4. The van der Waals surface area contributed by atoms with Crippen molar-refractivity contribution in [3.8, 4) is 11.4 Å². The summed E-state index contributed by atoms with van der Waals surface area (Å²) >= 11 is 0. The fraction of sp³-hybridized carbons (Fsp3) is 0.200. The maximum Gasteiger partial charge on any atom is 0.312 e. The minimum atomic E-state index is -0.614. The summed E-state index contributed by atoms with van der Waals surface area (Å²) in [6.07, 6.45) is 1.70. The van der Waals surface area contributed by atoms with E-state index in [1.807, 2.05) is 16.8 Å². The van der Waals surface area contributed by atoms with E-state index in [9.17, 15) is 9.59 Å². The number of amides is 3. The first kappa shape index (κ1) is 17.7. The molecule has 0 radical (unpaired) electrons. The molecular weight excluding hydrogens is 356 g/mol. The van der Waals surface area contributed by atoms with Gasteiger partial charge in [0.2, 0.25) is 5.91 Å². The van der Waals surface area contributed by atoms with Crippen molar-refractivity contribution in [3.63, 3.8) is 0 Å². The van der Waals surface area contributed by atoms with Gasteiger partial charge < -0.3 is 16.8 Å². The Labute approximate surface area is 161 Å². The maximum atomic E-state index is 11.3. The summed E-state index contributed by atoms with van der Waals surface area (Å²) in [6, 6.07) is 14.6. The largest absolute Gasteiger partial charge is 0.366 e. The van der Waals surface area contributed by atoms with Gasteiger partial charge >= 0.3 is 6.03 Å². The predicted octanol–water partition coefficient (Wildman–Crippen LogP) is 1.55. The van der Waals surface area contributed by atoms with Gasteiger partial charge in [0.1, 0.15) is 5.82 Å². The minimum absolute atomic E-state index is 0.119. The van der Waals surface area contributed by atoms with Gasteiger partial charge in [-0.05, 0) is 36.1 Å². The summed E-state index contributed by atoms with van der Waals surface area (Å²) in [7, 11) is 0. The molecule has 0 fully saturated rings. The van der Waals surface area contributed by atoms with Crippen LogP contribution in [0.2, 0.25) is 0 Å². The van der Waals surface area contributed by atoms with Crippen LogP contribution in [0, 0.1) is 0 Å². The van der Waals surface area contributed by atoms with Crippen LogP contribution in [0.5, 0.6) is 0 Å². The third-order valence-electron chi connectivity index (χ3n) is 4.93. The number of carbonyl (C=O) groups excluding carboxylic acids is 2. The molecule has 1 aromatic heterocycles. The summed E-state index contributed by atoms with van der Waals surface area (Å²) in [6.45, 7) is 0.189. The second kappa shape index (κ2) is 7.15. The van der Waals surface area contributed by atoms with Crippen LogP contribution in [-0.2, 0) is 19.4 Å². The first-order valence-electron chi connectivity index (χ1n) is 8.97. The van der Waals surface area contributed by atoms with E-state index in [4.69, 9.17) is 16.6 Å². The lowest BCUT2D eigenvalue weighted by atomic mass is 10.1. The molecule has 0 aliphatic heterocycles. The summed E-state index contributed by atoms with van der Waals surface area (Å²) < 4.78 is 1.87. The first-order chi connectivity index (χ1) is 13.5. The fourth-order valence-electron chi connectivity index (χ4n) is 3.55. The van der Waals surface area contributed by atoms with E-state index in [0.29, 0.717) is 17.2 Å². The smallest absolute Gasteiger partial charge is 0.312 e. The van der Waals surface area contributed by atoms with Crippen LogP contribution in [0.4, 0.5) is 4.79 Å². The zero-order chi connectivity index (χ0) is 19.7. The standard InChI is InChI=1S/C20H20N6O2/c21-18(27)12-5-7-13(8-6-12)19-24-17(11-23-20(22)28)26(25-19)16-9-14-3-1-2-4-15(14)10-16/h1-8,16H,9-11H2,(H2,21,27)(H3,22,23,28). The van der Waals surface area contributed by atoms with Gasteiger partial charge in [-0.15, -0.1) is 0 Å². The van der Waals surface area contributed by atoms with E-state index in [-0.39, 0.29) is 12.6 Å². The van der Waals surface area contributed by atoms with Crippen LogP contribution in [0.1, 0.15) is 33.4 Å². The highest BCUT2D eigenvalue weighted by atomic mass is 16.2. The molecule has 1 aliphatic carbocycles. The average molecular weight is 376 g/mol. The van der Waals surface area contributed by atoms with Crippen LogP contribution in [-0.4, -0.2) is 26.7 Å². The molecule has 3 amide bonds. The Morgan fingerprint density at radius 1 is 1.04 bits per heavy atom. The first-order valence-corrected chi connectivity index (χ1v) is 8.97. The van der Waals surface area contributed by atoms with Crippen molar-refractivity contribution in [3.05, 3.63) is 71.0 Å². The van der Waals surface area contributed by atoms with Crippen LogP contribution < -0.4 is 16.8 Å². The van der Waals surface area contributed by atoms with Gasteiger partial charge in [-0.25, -0.2) is 14.5 Å². The van der Waals surface area contributed by atoms with Crippen molar-refractivity contribution >= 4 is 11.9 Å². The number of hydrogen-bond donors (Lipinski definition) is 3. The molecule has 0 bridgehead atoms. The highest BCUT2D eigenvalue weighted by Crippen LogP contribution is 2.31. The van der Waals surface area contributed by atoms with Crippen molar-refractivity contribution in [2.75, 3.05) is 0 Å². The maximum absolute atomic E-state index is 11.3. The third-order valence-corrected chi connectivity index (χ3v) is 4.93. The SMILES string of the molecule is NC(=O)NCc1nc(-c2ccc(C(N)=O)cc2)nn1C1Cc2ccccc2C1. The summed E-state index contributed by atoms with van der Waals surface area (Å²) in [5.74, 6) is 0.666. The molecule has 0 spiro atoms. The summed E-state index contributed by atoms with van der Waals surface area (Å²) in [5.41, 5.74) is 14.3. The van der Waals surface area contributed by atoms with E-state index in [2.05, 4.69) is 22.4 Å². The fourth-order valence-corrected chi connectivity index (χ4v) is 3.55. The number of urea groups is 1. The van der Waals surface area contributed by atoms with Gasteiger partial charge in [0.15, 0.2) is 5.82 Å². The van der Waals surface area contributed by atoms with Gasteiger partial charge in [-0.3, -0.25) is 4.79 Å². The second-order valence-corrected chi connectivity index (χ2v) is 6.79. The Kier molecular flexibility index (Phi) is 4.52. The number of nitrogens with zero attached hydrogens (tertiary/aromatic N) is 3. The molecule has 3 aromatic rings. The van der Waals surface area contributed by atoms with E-state index in [1.165, 1.54) is 11.1 Å². The quantitative estimate of drug-likeness (QED) is 0.624. The molecular formula is C20H20N6O2. The number of benzene rings is 2. The molecule has 8 nitrogen and oxygen atoms in total. The Morgan fingerprint density at radius 2 is 1.68 bits per heavy atom. The summed E-state index contributed by atoms with van der Waals surface area (Å²) in [4.78, 5) is 27.0. The van der Waals surface area contributed by atoms with Gasteiger partial charge in [0, 0.05) is 11.1 Å². The highest BCUT2D eigenvalue weighted by molar-refractivity contribution is 5.93. The number of rotatable bonds is 5. The Morgan fingerprint density at radius 3 is 2.25 bits per heavy atom. The van der Waals surface area contributed by atoms with Crippen molar-refractivity contribution in [2.24, 2.45) is 11.5 Å². The summed E-state index contributed by atoms with van der Waals surface area (Å²) in [5, 5.41) is 7.29. The lowest BCUT2D eigenvalue weighted by molar-refractivity contribution is 0.100. The molecule has 0 atom stereocenters. The Balaban J connectivity index is 1.67. The number of nitrogens with one attached hydrogen (secondary N) is 1. The van der Waals surface area contributed by atoms with Crippen molar-refractivity contribution in [1.29, 1.82) is 0 Å². The van der Waals surface area contributed by atoms with Gasteiger partial charge in [-0.1, -0.05) is 36.4 Å². The predicted molar refractivity (Wildman–Crippen MR) is 103 cm³/mol. The number of nitrogens with two attached hydrogens (primary N) is 2. The molecule has 142 valence electrons. The Hall–Kier alpha value is -3.68. The third kappa shape index (κ3) is 3.44. The van der Waals surface area contributed by atoms with Crippen LogP contribution in [0.25, 0.3) is 11.4 Å². The van der Waals surface area contributed by atoms with Crippen LogP contribution in [0.3, 0.4) is 0 Å². The molecule has 0 saturated heterocycles. The molecule has 1 heterocycles. The molecule has 4 rings (SSSR count). The number of primary amides is 2. The van der Waals surface area contributed by atoms with E-state index >= 15 is 0 Å². The molecule has 0 saturated carbocycles. The number of aromatic nitrogens is 3.